The Morgan fingerprint density at radius 2 is 1.78 bits per heavy atom. The molecule has 2 heteroatoms. The molecule has 9 heavy (non-hydrogen) atoms. The van der Waals surface area contributed by atoms with Gasteiger partial charge in [-0.05, 0) is 33.3 Å². The Balaban J connectivity index is 3.77. The van der Waals surface area contributed by atoms with E-state index in [-0.39, 0.29) is 6.10 Å². The average molecular weight is 132 g/mol. The largest absolute Gasteiger partial charge is 0.468 e. The number of hydrogen-bond donors (Lipinski definition) is 0. The molecule has 0 amide bonds. The SMILES string of the molecule is CC(C)=C(F)OC(C)C. The van der Waals surface area contributed by atoms with E-state index in [4.69, 9.17) is 4.74 Å². The van der Waals surface area contributed by atoms with Gasteiger partial charge in [-0.1, -0.05) is 0 Å². The second-order valence-electron chi connectivity index (χ2n) is 2.44. The van der Waals surface area contributed by atoms with Gasteiger partial charge in [0, 0.05) is 0 Å². The number of halogens is 1. The summed E-state index contributed by atoms with van der Waals surface area (Å²) in [6.07, 6.45) is -0.0695. The quantitative estimate of drug-likeness (QED) is 0.525. The summed E-state index contributed by atoms with van der Waals surface area (Å²) in [5.74, 6) is 0. The van der Waals surface area contributed by atoms with Crippen molar-refractivity contribution in [2.24, 2.45) is 0 Å². The van der Waals surface area contributed by atoms with E-state index in [0.717, 1.165) is 0 Å². The summed E-state index contributed by atoms with van der Waals surface area (Å²) in [4.78, 5) is 0. The van der Waals surface area contributed by atoms with Crippen molar-refractivity contribution >= 4 is 0 Å². The highest BCUT2D eigenvalue weighted by Gasteiger charge is 1.99. The Morgan fingerprint density at radius 1 is 1.33 bits per heavy atom. The predicted octanol–water partition coefficient (Wildman–Crippen LogP) is 2.63. The smallest absolute Gasteiger partial charge is 0.271 e. The molecule has 0 saturated carbocycles. The van der Waals surface area contributed by atoms with Crippen LogP contribution >= 0.6 is 0 Å². The minimum atomic E-state index is -0.454. The topological polar surface area (TPSA) is 9.23 Å². The van der Waals surface area contributed by atoms with Gasteiger partial charge in [0.25, 0.3) is 6.01 Å². The van der Waals surface area contributed by atoms with Crippen molar-refractivity contribution in [2.45, 2.75) is 33.8 Å². The van der Waals surface area contributed by atoms with Crippen LogP contribution in [-0.4, -0.2) is 6.10 Å². The lowest BCUT2D eigenvalue weighted by Gasteiger charge is -2.06. The van der Waals surface area contributed by atoms with Crippen molar-refractivity contribution in [1.29, 1.82) is 0 Å². The molecular weight excluding hydrogens is 119 g/mol. The Bertz CT molecular complexity index is 112. The van der Waals surface area contributed by atoms with Crippen LogP contribution in [0.25, 0.3) is 0 Å². The maximum Gasteiger partial charge on any atom is 0.271 e. The van der Waals surface area contributed by atoms with Crippen LogP contribution in [0.4, 0.5) is 4.39 Å². The molecule has 0 spiro atoms. The van der Waals surface area contributed by atoms with Crippen molar-refractivity contribution in [3.8, 4) is 0 Å². The molecule has 0 unspecified atom stereocenters. The van der Waals surface area contributed by atoms with E-state index in [1.807, 2.05) is 0 Å². The van der Waals surface area contributed by atoms with E-state index in [2.05, 4.69) is 0 Å². The molecule has 1 nitrogen and oxygen atoms in total. The summed E-state index contributed by atoms with van der Waals surface area (Å²) in [6.45, 7) is 6.94. The van der Waals surface area contributed by atoms with Gasteiger partial charge < -0.3 is 4.74 Å². The lowest BCUT2D eigenvalue weighted by molar-refractivity contribution is 0.0902. The average Bonchev–Trinajstić information content (AvgIpc) is 1.63. The molecular formula is C7H13FO. The van der Waals surface area contributed by atoms with Gasteiger partial charge in [-0.25, -0.2) is 0 Å². The molecule has 0 radical (unpaired) electrons. The van der Waals surface area contributed by atoms with E-state index in [1.165, 1.54) is 0 Å². The first-order chi connectivity index (χ1) is 4.04. The lowest BCUT2D eigenvalue weighted by Crippen LogP contribution is -1.99. The number of ether oxygens (including phenoxy) is 1. The third kappa shape index (κ3) is 4.01. The van der Waals surface area contributed by atoms with Crippen molar-refractivity contribution < 1.29 is 9.13 Å². The molecule has 0 atom stereocenters. The lowest BCUT2D eigenvalue weighted by atomic mass is 10.4. The molecule has 0 bridgehead atoms. The molecule has 0 aromatic carbocycles. The minimum Gasteiger partial charge on any atom is -0.468 e. The molecule has 0 rings (SSSR count). The zero-order valence-corrected chi connectivity index (χ0v) is 6.36. The van der Waals surface area contributed by atoms with Crippen LogP contribution < -0.4 is 0 Å². The van der Waals surface area contributed by atoms with Gasteiger partial charge in [0.15, 0.2) is 0 Å². The Kier molecular flexibility index (Phi) is 3.28. The van der Waals surface area contributed by atoms with Crippen LogP contribution in [0, 0.1) is 0 Å². The molecule has 0 aliphatic heterocycles. The highest BCUT2D eigenvalue weighted by molar-refractivity contribution is 4.94. The number of allylic oxidation sites excluding steroid dienone is 1. The van der Waals surface area contributed by atoms with Gasteiger partial charge in [0.05, 0.1) is 6.10 Å². The monoisotopic (exact) mass is 132 g/mol. The van der Waals surface area contributed by atoms with Crippen LogP contribution in [-0.2, 0) is 4.74 Å². The summed E-state index contributed by atoms with van der Waals surface area (Å²) in [6, 6.07) is -0.454. The van der Waals surface area contributed by atoms with Crippen molar-refractivity contribution in [1.82, 2.24) is 0 Å². The Hall–Kier alpha value is -0.530. The normalized spacial score (nSPS) is 9.56. The maximum absolute atomic E-state index is 12.4. The summed E-state index contributed by atoms with van der Waals surface area (Å²) in [5.41, 5.74) is 0.587. The zero-order valence-electron chi connectivity index (χ0n) is 6.36. The van der Waals surface area contributed by atoms with Gasteiger partial charge in [-0.2, -0.15) is 4.39 Å². The van der Waals surface area contributed by atoms with Crippen molar-refractivity contribution in [2.75, 3.05) is 0 Å². The summed E-state index contributed by atoms with van der Waals surface area (Å²) < 4.78 is 17.2. The van der Waals surface area contributed by atoms with Crippen molar-refractivity contribution in [3.05, 3.63) is 11.6 Å². The highest BCUT2D eigenvalue weighted by atomic mass is 19.1. The molecule has 0 aliphatic rings. The molecule has 0 fully saturated rings. The van der Waals surface area contributed by atoms with Crippen LogP contribution in [0.15, 0.2) is 11.6 Å². The van der Waals surface area contributed by atoms with Crippen LogP contribution in [0.5, 0.6) is 0 Å². The fraction of sp³-hybridized carbons (Fsp3) is 0.714. The third-order valence-electron chi connectivity index (χ3n) is 0.732. The predicted molar refractivity (Wildman–Crippen MR) is 35.7 cm³/mol. The third-order valence-corrected chi connectivity index (χ3v) is 0.732. The first-order valence-electron chi connectivity index (χ1n) is 3.03. The standard InChI is InChI=1S/C7H13FO/c1-5(2)7(8)9-6(3)4/h6H,1-4H3. The zero-order chi connectivity index (χ0) is 7.44. The number of hydrogen-bond acceptors (Lipinski definition) is 1. The molecule has 54 valence electrons. The molecule has 0 aliphatic carbocycles. The van der Waals surface area contributed by atoms with E-state index in [0.29, 0.717) is 5.57 Å². The van der Waals surface area contributed by atoms with Gasteiger partial charge in [-0.15, -0.1) is 0 Å². The van der Waals surface area contributed by atoms with Gasteiger partial charge in [0.2, 0.25) is 0 Å². The first kappa shape index (κ1) is 8.47. The highest BCUT2D eigenvalue weighted by Crippen LogP contribution is 2.08. The van der Waals surface area contributed by atoms with Crippen LogP contribution in [0.2, 0.25) is 0 Å². The Morgan fingerprint density at radius 3 is 1.89 bits per heavy atom. The van der Waals surface area contributed by atoms with Crippen LogP contribution in [0.1, 0.15) is 27.7 Å². The summed E-state index contributed by atoms with van der Waals surface area (Å²) in [7, 11) is 0. The molecule has 0 saturated heterocycles. The number of rotatable bonds is 2. The molecule has 0 aromatic heterocycles. The molecule has 0 heterocycles. The maximum atomic E-state index is 12.4. The van der Waals surface area contributed by atoms with Crippen molar-refractivity contribution in [3.63, 3.8) is 0 Å². The van der Waals surface area contributed by atoms with E-state index < -0.39 is 6.01 Å². The second kappa shape index (κ2) is 3.49. The minimum absolute atomic E-state index is 0.0695. The summed E-state index contributed by atoms with van der Waals surface area (Å²) in [5, 5.41) is 0. The van der Waals surface area contributed by atoms with Gasteiger partial charge >= 0.3 is 0 Å². The molecule has 0 aromatic rings. The first-order valence-corrected chi connectivity index (χ1v) is 3.03. The fourth-order valence-electron chi connectivity index (χ4n) is 0.325. The van der Waals surface area contributed by atoms with E-state index in [1.54, 1.807) is 27.7 Å². The summed E-state index contributed by atoms with van der Waals surface area (Å²) >= 11 is 0. The van der Waals surface area contributed by atoms with Crippen LogP contribution in [0.3, 0.4) is 0 Å². The molecule has 0 N–H and O–H groups in total. The fourth-order valence-corrected chi connectivity index (χ4v) is 0.325. The Labute approximate surface area is 55.5 Å². The van der Waals surface area contributed by atoms with Gasteiger partial charge in [0.1, 0.15) is 0 Å². The second-order valence-corrected chi connectivity index (χ2v) is 2.44. The van der Waals surface area contributed by atoms with E-state index in [9.17, 15) is 4.39 Å². The van der Waals surface area contributed by atoms with Gasteiger partial charge in [-0.3, -0.25) is 0 Å². The van der Waals surface area contributed by atoms with E-state index >= 15 is 0 Å².